The zero-order valence-electron chi connectivity index (χ0n) is 15.1. The Morgan fingerprint density at radius 3 is 2.52 bits per heavy atom. The van der Waals surface area contributed by atoms with Gasteiger partial charge in [0.15, 0.2) is 0 Å². The highest BCUT2D eigenvalue weighted by Gasteiger charge is 2.22. The molecule has 0 aliphatic rings. The minimum absolute atomic E-state index is 0.120. The first-order valence-electron chi connectivity index (χ1n) is 8.27. The summed E-state index contributed by atoms with van der Waals surface area (Å²) in [5.74, 6) is -1.06. The molecule has 140 valence electrons. The van der Waals surface area contributed by atoms with Crippen LogP contribution in [0.1, 0.15) is 20.8 Å². The summed E-state index contributed by atoms with van der Waals surface area (Å²) in [6, 6.07) is 9.94. The average Bonchev–Trinajstić information content (AvgIpc) is 2.93. The molecule has 2 amide bonds. The van der Waals surface area contributed by atoms with Gasteiger partial charge in [0.2, 0.25) is 5.91 Å². The van der Waals surface area contributed by atoms with Gasteiger partial charge in [-0.2, -0.15) is 0 Å². The van der Waals surface area contributed by atoms with Gasteiger partial charge in [-0.05, 0) is 43.2 Å². The Kier molecular flexibility index (Phi) is 5.48. The number of benzene rings is 2. The zero-order valence-corrected chi connectivity index (χ0v) is 16.7. The number of nitrogens with zero attached hydrogens (tertiary/aromatic N) is 1. The number of nitrogens with one attached hydrogen (secondary N) is 1. The summed E-state index contributed by atoms with van der Waals surface area (Å²) < 4.78 is 14.0. The first-order chi connectivity index (χ1) is 12.8. The summed E-state index contributed by atoms with van der Waals surface area (Å²) in [7, 11) is 1.54. The Bertz CT molecular complexity index is 1030. The molecule has 0 bridgehead atoms. The summed E-state index contributed by atoms with van der Waals surface area (Å²) in [5.41, 5.74) is 2.65. The molecule has 27 heavy (non-hydrogen) atoms. The molecule has 0 unspecified atom stereocenters. The van der Waals surface area contributed by atoms with Crippen molar-refractivity contribution in [3.63, 3.8) is 0 Å². The predicted molar refractivity (Wildman–Crippen MR) is 108 cm³/mol. The van der Waals surface area contributed by atoms with E-state index in [4.69, 9.17) is 11.6 Å². The predicted octanol–water partition coefficient (Wildman–Crippen LogP) is 5.02. The second-order valence-corrected chi connectivity index (χ2v) is 7.79. The van der Waals surface area contributed by atoms with E-state index < -0.39 is 0 Å². The highest BCUT2D eigenvalue weighted by atomic mass is 35.5. The molecule has 1 aromatic heterocycles. The second kappa shape index (κ2) is 7.66. The lowest BCUT2D eigenvalue weighted by molar-refractivity contribution is -0.116. The first kappa shape index (κ1) is 19.3. The van der Waals surface area contributed by atoms with Crippen LogP contribution in [0.3, 0.4) is 0 Å². The average molecular weight is 405 g/mol. The van der Waals surface area contributed by atoms with Crippen molar-refractivity contribution < 1.29 is 14.0 Å². The fourth-order valence-electron chi connectivity index (χ4n) is 2.83. The highest BCUT2D eigenvalue weighted by Crippen LogP contribution is 2.36. The summed E-state index contributed by atoms with van der Waals surface area (Å²) in [6.07, 6.45) is 0. The number of hydrogen-bond donors (Lipinski definition) is 1. The lowest BCUT2D eigenvalue weighted by Crippen LogP contribution is -2.34. The maximum absolute atomic E-state index is 13.4. The van der Waals surface area contributed by atoms with Crippen molar-refractivity contribution in [2.75, 3.05) is 18.9 Å². The first-order valence-corrected chi connectivity index (χ1v) is 9.46. The molecule has 3 rings (SSSR count). The quantitative estimate of drug-likeness (QED) is 0.663. The fourth-order valence-corrected chi connectivity index (χ4v) is 4.36. The number of para-hydroxylation sites is 1. The van der Waals surface area contributed by atoms with Crippen LogP contribution < -0.4 is 5.32 Å². The van der Waals surface area contributed by atoms with Gasteiger partial charge in [-0.15, -0.1) is 11.3 Å². The SMILES string of the molecule is Cc1cccc(C)c1NC(=O)CN(C)C(=O)c1sc2cc(F)ccc2c1Cl. The van der Waals surface area contributed by atoms with Gasteiger partial charge in [-0.3, -0.25) is 9.59 Å². The van der Waals surface area contributed by atoms with E-state index in [1.807, 2.05) is 32.0 Å². The molecule has 1 N–H and O–H groups in total. The molecule has 0 fully saturated rings. The van der Waals surface area contributed by atoms with Gasteiger partial charge in [0.1, 0.15) is 10.7 Å². The Hall–Kier alpha value is -2.44. The number of rotatable bonds is 4. The van der Waals surface area contributed by atoms with Gasteiger partial charge in [0.25, 0.3) is 5.91 Å². The van der Waals surface area contributed by atoms with Gasteiger partial charge in [0, 0.05) is 22.8 Å². The van der Waals surface area contributed by atoms with Crippen molar-refractivity contribution >= 4 is 50.5 Å². The Morgan fingerprint density at radius 2 is 1.85 bits per heavy atom. The Morgan fingerprint density at radius 1 is 1.19 bits per heavy atom. The van der Waals surface area contributed by atoms with E-state index in [-0.39, 0.29) is 29.2 Å². The maximum atomic E-state index is 13.4. The number of hydrogen-bond acceptors (Lipinski definition) is 3. The molecule has 0 saturated carbocycles. The summed E-state index contributed by atoms with van der Waals surface area (Å²) in [5, 5.41) is 3.76. The fraction of sp³-hybridized carbons (Fsp3) is 0.200. The molecule has 0 aliphatic carbocycles. The summed E-state index contributed by atoms with van der Waals surface area (Å²) in [4.78, 5) is 26.7. The van der Waals surface area contributed by atoms with Crippen LogP contribution in [-0.4, -0.2) is 30.3 Å². The molecule has 4 nitrogen and oxygen atoms in total. The minimum atomic E-state index is -0.388. The number of anilines is 1. The molecule has 0 saturated heterocycles. The molecular formula is C20H18ClFN2O2S. The van der Waals surface area contributed by atoms with Gasteiger partial charge in [0.05, 0.1) is 11.6 Å². The van der Waals surface area contributed by atoms with Gasteiger partial charge >= 0.3 is 0 Å². The van der Waals surface area contributed by atoms with E-state index in [0.29, 0.717) is 15.0 Å². The maximum Gasteiger partial charge on any atom is 0.265 e. The number of aryl methyl sites for hydroxylation is 2. The number of carbonyl (C=O) groups excluding carboxylic acids is 2. The summed E-state index contributed by atoms with van der Waals surface area (Å²) in [6.45, 7) is 3.70. The third-order valence-corrected chi connectivity index (χ3v) is 5.90. The van der Waals surface area contributed by atoms with Crippen molar-refractivity contribution in [1.29, 1.82) is 0 Å². The zero-order chi connectivity index (χ0) is 19.7. The standard InChI is InChI=1S/C20H18ClFN2O2S/c1-11-5-4-6-12(2)18(11)23-16(25)10-24(3)20(26)19-17(21)14-8-7-13(22)9-15(14)27-19/h4-9H,10H2,1-3H3,(H,23,25). The van der Waals surface area contributed by atoms with E-state index in [2.05, 4.69) is 5.32 Å². The van der Waals surface area contributed by atoms with E-state index in [1.54, 1.807) is 6.07 Å². The monoisotopic (exact) mass is 404 g/mol. The van der Waals surface area contributed by atoms with E-state index in [0.717, 1.165) is 28.2 Å². The van der Waals surface area contributed by atoms with Crippen LogP contribution in [0.5, 0.6) is 0 Å². The number of amides is 2. The van der Waals surface area contributed by atoms with Crippen LogP contribution in [0.15, 0.2) is 36.4 Å². The van der Waals surface area contributed by atoms with Crippen LogP contribution in [0.4, 0.5) is 10.1 Å². The van der Waals surface area contributed by atoms with Gasteiger partial charge in [-0.1, -0.05) is 29.8 Å². The second-order valence-electron chi connectivity index (χ2n) is 6.36. The third kappa shape index (κ3) is 3.96. The number of halogens is 2. The lowest BCUT2D eigenvalue weighted by atomic mass is 10.1. The number of likely N-dealkylation sites (N-methyl/N-ethyl adjacent to an activating group) is 1. The molecule has 0 atom stereocenters. The minimum Gasteiger partial charge on any atom is -0.332 e. The van der Waals surface area contributed by atoms with Crippen molar-refractivity contribution in [3.8, 4) is 0 Å². The molecule has 2 aromatic carbocycles. The van der Waals surface area contributed by atoms with E-state index >= 15 is 0 Å². The van der Waals surface area contributed by atoms with Crippen molar-refractivity contribution in [3.05, 3.63) is 63.2 Å². The van der Waals surface area contributed by atoms with Gasteiger partial charge in [-0.25, -0.2) is 4.39 Å². The van der Waals surface area contributed by atoms with E-state index in [1.165, 1.54) is 24.1 Å². The molecular weight excluding hydrogens is 387 g/mol. The number of carbonyl (C=O) groups is 2. The van der Waals surface area contributed by atoms with Crippen LogP contribution >= 0.6 is 22.9 Å². The molecule has 0 aliphatic heterocycles. The molecule has 7 heteroatoms. The normalized spacial score (nSPS) is 10.9. The van der Waals surface area contributed by atoms with Crippen molar-refractivity contribution in [2.24, 2.45) is 0 Å². The molecule has 3 aromatic rings. The number of thiophene rings is 1. The van der Waals surface area contributed by atoms with Crippen LogP contribution in [0.2, 0.25) is 5.02 Å². The highest BCUT2D eigenvalue weighted by molar-refractivity contribution is 7.21. The smallest absolute Gasteiger partial charge is 0.265 e. The summed E-state index contributed by atoms with van der Waals surface area (Å²) >= 11 is 7.41. The lowest BCUT2D eigenvalue weighted by Gasteiger charge is -2.17. The largest absolute Gasteiger partial charge is 0.332 e. The van der Waals surface area contributed by atoms with Crippen molar-refractivity contribution in [1.82, 2.24) is 4.90 Å². The Labute approximate surface area is 165 Å². The number of fused-ring (bicyclic) bond motifs is 1. The molecule has 0 radical (unpaired) electrons. The Balaban J connectivity index is 1.76. The van der Waals surface area contributed by atoms with Crippen LogP contribution in [0, 0.1) is 19.7 Å². The van der Waals surface area contributed by atoms with Crippen LogP contribution in [-0.2, 0) is 4.79 Å². The van der Waals surface area contributed by atoms with E-state index in [9.17, 15) is 14.0 Å². The topological polar surface area (TPSA) is 49.4 Å². The van der Waals surface area contributed by atoms with Crippen LogP contribution in [0.25, 0.3) is 10.1 Å². The van der Waals surface area contributed by atoms with Crippen molar-refractivity contribution in [2.45, 2.75) is 13.8 Å². The third-order valence-electron chi connectivity index (χ3n) is 4.26. The molecule has 0 spiro atoms. The molecule has 1 heterocycles. The van der Waals surface area contributed by atoms with Gasteiger partial charge < -0.3 is 10.2 Å².